The van der Waals surface area contributed by atoms with Crippen LogP contribution in [0.25, 0.3) is 0 Å². The first-order valence-corrected chi connectivity index (χ1v) is 13.7. The molecular weight excluding hydrogens is 487 g/mol. The fourth-order valence-corrected chi connectivity index (χ4v) is 5.47. The summed E-state index contributed by atoms with van der Waals surface area (Å²) < 4.78 is 29.0. The van der Waals surface area contributed by atoms with Crippen LogP contribution in [0, 0.1) is 5.82 Å². The lowest BCUT2D eigenvalue weighted by atomic mass is 10.1. The molecule has 8 heteroatoms. The van der Waals surface area contributed by atoms with Gasteiger partial charge in [0.25, 0.3) is 0 Å². The molecule has 1 N–H and O–H groups in total. The maximum absolute atomic E-state index is 13.9. The number of para-hydroxylation sites is 1. The standard InChI is InChI=1S/C16H13FN2O2S.C13H20N2/c17-13-9-11(10-20)6-7-14(13)19-22(21)15-5-1-3-12-4-2-8-18-16(12)15;1-12(13-6-4-3-5-7-13)15-10-8-14(2)9-11-15/h1,3,5-10,19H,2,4H2;3-7,12H,8-11H2,1-2H3. The summed E-state index contributed by atoms with van der Waals surface area (Å²) in [7, 11) is 0.564. The van der Waals surface area contributed by atoms with Gasteiger partial charge < -0.3 is 4.90 Å². The monoisotopic (exact) mass is 520 g/mol. The number of rotatable bonds is 6. The number of nitrogens with zero attached hydrogens (tertiary/aromatic N) is 3. The third-order valence-electron chi connectivity index (χ3n) is 6.74. The number of anilines is 1. The number of piperazine rings is 1. The van der Waals surface area contributed by atoms with Crippen molar-refractivity contribution in [1.82, 2.24) is 9.80 Å². The molecule has 3 aromatic rings. The molecule has 6 nitrogen and oxygen atoms in total. The Kier molecular flexibility index (Phi) is 9.33. The molecule has 2 heterocycles. The first-order valence-electron chi connectivity index (χ1n) is 12.5. The van der Waals surface area contributed by atoms with E-state index in [1.54, 1.807) is 12.3 Å². The number of aliphatic imine (C=N–C) groups is 1. The Hall–Kier alpha value is -3.20. The van der Waals surface area contributed by atoms with E-state index in [9.17, 15) is 13.4 Å². The maximum atomic E-state index is 13.9. The molecule has 2 unspecified atom stereocenters. The van der Waals surface area contributed by atoms with Crippen LogP contribution in [0.15, 0.2) is 76.6 Å². The molecule has 0 amide bonds. The van der Waals surface area contributed by atoms with Gasteiger partial charge in [-0.2, -0.15) is 0 Å². The number of carbonyl (C=O) groups is 1. The van der Waals surface area contributed by atoms with Crippen LogP contribution in [0.3, 0.4) is 0 Å². The molecule has 0 bridgehead atoms. The number of likely N-dealkylation sites (N-methyl/N-ethyl adjacent to an activating group) is 1. The van der Waals surface area contributed by atoms with Crippen molar-refractivity contribution >= 4 is 34.9 Å². The molecule has 5 rings (SSSR count). The highest BCUT2D eigenvalue weighted by Gasteiger charge is 2.20. The largest absolute Gasteiger partial charge is 0.304 e. The van der Waals surface area contributed by atoms with Gasteiger partial charge in [-0.25, -0.2) is 8.60 Å². The zero-order chi connectivity index (χ0) is 26.2. The molecule has 37 heavy (non-hydrogen) atoms. The third kappa shape index (κ3) is 6.97. The molecule has 0 saturated carbocycles. The lowest BCUT2D eigenvalue weighted by Gasteiger charge is -2.36. The minimum Gasteiger partial charge on any atom is -0.304 e. The van der Waals surface area contributed by atoms with E-state index in [4.69, 9.17) is 0 Å². The molecule has 1 saturated heterocycles. The molecule has 1 fully saturated rings. The predicted octanol–water partition coefficient (Wildman–Crippen LogP) is 5.42. The number of fused-ring (bicyclic) bond motifs is 1. The summed E-state index contributed by atoms with van der Waals surface area (Å²) in [6.07, 6.45) is 4.07. The maximum Gasteiger partial charge on any atom is 0.152 e. The highest BCUT2D eigenvalue weighted by molar-refractivity contribution is 7.86. The zero-order valence-electron chi connectivity index (χ0n) is 21.3. The lowest BCUT2D eigenvalue weighted by Crippen LogP contribution is -2.45. The summed E-state index contributed by atoms with van der Waals surface area (Å²) in [5, 5.41) is 0. The van der Waals surface area contributed by atoms with Crippen LogP contribution in [0.4, 0.5) is 15.8 Å². The van der Waals surface area contributed by atoms with E-state index in [2.05, 4.69) is 63.8 Å². The normalized spacial score (nSPS) is 17.2. The Morgan fingerprint density at radius 1 is 1.03 bits per heavy atom. The summed E-state index contributed by atoms with van der Waals surface area (Å²) in [6, 6.07) is 20.8. The quantitative estimate of drug-likeness (QED) is 0.441. The van der Waals surface area contributed by atoms with Crippen LogP contribution in [-0.4, -0.2) is 59.7 Å². The van der Waals surface area contributed by atoms with Gasteiger partial charge in [-0.3, -0.25) is 19.4 Å². The van der Waals surface area contributed by atoms with Crippen molar-refractivity contribution in [2.24, 2.45) is 4.99 Å². The van der Waals surface area contributed by atoms with Gasteiger partial charge in [0, 0.05) is 44.0 Å². The number of aryl methyl sites for hydroxylation is 1. The van der Waals surface area contributed by atoms with Crippen LogP contribution >= 0.6 is 0 Å². The summed E-state index contributed by atoms with van der Waals surface area (Å²) in [5.74, 6) is -0.619. The van der Waals surface area contributed by atoms with Crippen molar-refractivity contribution in [2.75, 3.05) is 37.9 Å². The van der Waals surface area contributed by atoms with Gasteiger partial charge in [0.05, 0.1) is 16.3 Å². The summed E-state index contributed by atoms with van der Waals surface area (Å²) in [6.45, 7) is 7.06. The summed E-state index contributed by atoms with van der Waals surface area (Å²) in [5.41, 5.74) is 3.47. The van der Waals surface area contributed by atoms with Crippen LogP contribution < -0.4 is 4.72 Å². The lowest BCUT2D eigenvalue weighted by molar-refractivity contribution is 0.112. The number of nitrogens with one attached hydrogen (secondary N) is 1. The molecule has 0 radical (unpaired) electrons. The average Bonchev–Trinajstić information content (AvgIpc) is 2.94. The van der Waals surface area contributed by atoms with Crippen molar-refractivity contribution in [3.63, 3.8) is 0 Å². The number of carbonyl (C=O) groups excluding carboxylic acids is 1. The van der Waals surface area contributed by atoms with Gasteiger partial charge in [0.1, 0.15) is 12.1 Å². The van der Waals surface area contributed by atoms with Crippen molar-refractivity contribution in [2.45, 2.75) is 30.7 Å². The van der Waals surface area contributed by atoms with Crippen LogP contribution in [0.1, 0.15) is 40.9 Å². The Balaban J connectivity index is 0.000000186. The smallest absolute Gasteiger partial charge is 0.152 e. The molecule has 2 aliphatic heterocycles. The number of hydrogen-bond acceptors (Lipinski definition) is 5. The second-order valence-electron chi connectivity index (χ2n) is 9.27. The minimum atomic E-state index is -1.63. The fourth-order valence-electron chi connectivity index (χ4n) is 4.44. The van der Waals surface area contributed by atoms with E-state index in [0.29, 0.717) is 22.9 Å². The van der Waals surface area contributed by atoms with Gasteiger partial charge in [0.2, 0.25) is 0 Å². The minimum absolute atomic E-state index is 0.0846. The third-order valence-corrected chi connectivity index (χ3v) is 7.88. The topological polar surface area (TPSA) is 65.0 Å². The fraction of sp³-hybridized carbons (Fsp3) is 0.310. The second kappa shape index (κ2) is 12.9. The van der Waals surface area contributed by atoms with E-state index < -0.39 is 16.8 Å². The van der Waals surface area contributed by atoms with Gasteiger partial charge in [-0.1, -0.05) is 42.5 Å². The number of hydrogen-bond donors (Lipinski definition) is 1. The predicted molar refractivity (Wildman–Crippen MR) is 149 cm³/mol. The van der Waals surface area contributed by atoms with Crippen molar-refractivity contribution in [3.8, 4) is 0 Å². The molecular formula is C29H33FN4O2S. The molecule has 3 aromatic carbocycles. The van der Waals surface area contributed by atoms with Gasteiger partial charge in [0.15, 0.2) is 11.0 Å². The Bertz CT molecular complexity index is 1260. The second-order valence-corrected chi connectivity index (χ2v) is 10.4. The van der Waals surface area contributed by atoms with Crippen molar-refractivity contribution < 1.29 is 13.4 Å². The first-order chi connectivity index (χ1) is 18.0. The number of halogens is 1. The zero-order valence-corrected chi connectivity index (χ0v) is 22.1. The van der Waals surface area contributed by atoms with E-state index in [0.717, 1.165) is 24.5 Å². The average molecular weight is 521 g/mol. The van der Waals surface area contributed by atoms with Gasteiger partial charge in [-0.15, -0.1) is 0 Å². The van der Waals surface area contributed by atoms with Crippen molar-refractivity contribution in [1.29, 1.82) is 0 Å². The van der Waals surface area contributed by atoms with E-state index >= 15 is 0 Å². The van der Waals surface area contributed by atoms with Crippen LogP contribution in [-0.2, 0) is 17.4 Å². The molecule has 194 valence electrons. The first kappa shape index (κ1) is 26.9. The van der Waals surface area contributed by atoms with Gasteiger partial charge in [-0.05, 0) is 62.2 Å². The molecule has 0 aliphatic carbocycles. The Morgan fingerprint density at radius 2 is 1.78 bits per heavy atom. The Morgan fingerprint density at radius 3 is 2.49 bits per heavy atom. The Labute approximate surface area is 220 Å². The molecule has 2 aliphatic rings. The van der Waals surface area contributed by atoms with Crippen molar-refractivity contribution in [3.05, 3.63) is 89.2 Å². The summed E-state index contributed by atoms with van der Waals surface area (Å²) in [4.78, 5) is 20.4. The van der Waals surface area contributed by atoms with Crippen LogP contribution in [0.5, 0.6) is 0 Å². The molecule has 0 spiro atoms. The molecule has 0 aromatic heterocycles. The van der Waals surface area contributed by atoms with Gasteiger partial charge >= 0.3 is 0 Å². The highest BCUT2D eigenvalue weighted by Crippen LogP contribution is 2.31. The van der Waals surface area contributed by atoms with E-state index in [1.165, 1.54) is 43.9 Å². The SMILES string of the molecule is CC(c1ccccc1)N1CCN(C)CC1.O=Cc1ccc(NS(=O)c2cccc3c2N=CCC3)c(F)c1. The van der Waals surface area contributed by atoms with E-state index in [-0.39, 0.29) is 11.3 Å². The number of aldehydes is 1. The van der Waals surface area contributed by atoms with Crippen LogP contribution in [0.2, 0.25) is 0 Å². The summed E-state index contributed by atoms with van der Waals surface area (Å²) >= 11 is 0. The van der Waals surface area contributed by atoms with E-state index in [1.807, 2.05) is 12.1 Å². The highest BCUT2D eigenvalue weighted by atomic mass is 32.2. The number of benzene rings is 3. The molecule has 2 atom stereocenters.